The third-order valence-corrected chi connectivity index (χ3v) is 4.37. The van der Waals surface area contributed by atoms with Crippen molar-refractivity contribution >= 4 is 34.8 Å². The third-order valence-electron chi connectivity index (χ3n) is 3.96. The topological polar surface area (TPSA) is 61.4 Å². The number of hydrogen-bond donors (Lipinski definition) is 2. The molecule has 0 aliphatic heterocycles. The Morgan fingerprint density at radius 3 is 2.54 bits per heavy atom. The molecule has 2 aromatic rings. The Hall–Kier alpha value is -2.53. The van der Waals surface area contributed by atoms with Crippen LogP contribution in [0.4, 0.5) is 11.4 Å². The van der Waals surface area contributed by atoms with E-state index in [1.807, 2.05) is 43.3 Å². The van der Waals surface area contributed by atoms with Crippen molar-refractivity contribution in [2.24, 2.45) is 0 Å². The van der Waals surface area contributed by atoms with Crippen molar-refractivity contribution in [1.82, 2.24) is 4.90 Å². The fraction of sp³-hybridized carbons (Fsp3) is 0.300. The molecule has 0 heterocycles. The second-order valence-electron chi connectivity index (χ2n) is 6.35. The van der Waals surface area contributed by atoms with Gasteiger partial charge in [-0.25, -0.2) is 0 Å². The van der Waals surface area contributed by atoms with Gasteiger partial charge in [-0.05, 0) is 48.7 Å². The molecule has 0 spiro atoms. The molecule has 2 amide bonds. The second kappa shape index (κ2) is 9.25. The van der Waals surface area contributed by atoms with Crippen LogP contribution in [0, 0.1) is 6.92 Å². The Kier molecular flexibility index (Phi) is 7.04. The maximum absolute atomic E-state index is 12.1. The lowest BCUT2D eigenvalue weighted by Gasteiger charge is -2.11. The Labute approximate surface area is 159 Å². The molecule has 0 radical (unpaired) electrons. The fourth-order valence-corrected chi connectivity index (χ4v) is 2.55. The average molecular weight is 374 g/mol. The van der Waals surface area contributed by atoms with Crippen molar-refractivity contribution < 1.29 is 9.59 Å². The molecule has 138 valence electrons. The summed E-state index contributed by atoms with van der Waals surface area (Å²) in [6.45, 7) is 2.06. The molecule has 2 rings (SSSR count). The van der Waals surface area contributed by atoms with E-state index in [1.165, 1.54) is 0 Å². The summed E-state index contributed by atoms with van der Waals surface area (Å²) >= 11 is 6.07. The number of hydrogen-bond acceptors (Lipinski definition) is 3. The van der Waals surface area contributed by atoms with Crippen molar-refractivity contribution in [2.75, 3.05) is 31.3 Å². The Bertz CT molecular complexity index is 790. The summed E-state index contributed by atoms with van der Waals surface area (Å²) in [4.78, 5) is 25.4. The number of amides is 2. The van der Waals surface area contributed by atoms with Crippen LogP contribution < -0.4 is 10.6 Å². The second-order valence-corrected chi connectivity index (χ2v) is 6.76. The van der Waals surface area contributed by atoms with Crippen molar-refractivity contribution in [1.29, 1.82) is 0 Å². The van der Waals surface area contributed by atoms with E-state index in [0.717, 1.165) is 16.8 Å². The Morgan fingerprint density at radius 1 is 1.08 bits per heavy atom. The first-order valence-corrected chi connectivity index (χ1v) is 8.82. The molecule has 0 aliphatic carbocycles. The molecule has 2 aromatic carbocycles. The predicted molar refractivity (Wildman–Crippen MR) is 107 cm³/mol. The minimum Gasteiger partial charge on any atom is -0.376 e. The van der Waals surface area contributed by atoms with Gasteiger partial charge in [0.25, 0.3) is 0 Å². The molecule has 0 saturated carbocycles. The molecule has 2 N–H and O–H groups in total. The van der Waals surface area contributed by atoms with Gasteiger partial charge < -0.3 is 15.5 Å². The summed E-state index contributed by atoms with van der Waals surface area (Å²) in [5.74, 6) is -0.0578. The molecule has 26 heavy (non-hydrogen) atoms. The maximum Gasteiger partial charge on any atom is 0.243 e. The van der Waals surface area contributed by atoms with E-state index in [4.69, 9.17) is 11.6 Å². The summed E-state index contributed by atoms with van der Waals surface area (Å²) in [5, 5.41) is 6.53. The first kappa shape index (κ1) is 19.8. The number of nitrogens with one attached hydrogen (secondary N) is 2. The zero-order chi connectivity index (χ0) is 19.1. The van der Waals surface area contributed by atoms with Gasteiger partial charge in [0.1, 0.15) is 0 Å². The highest BCUT2D eigenvalue weighted by Gasteiger charge is 2.06. The van der Waals surface area contributed by atoms with Crippen LogP contribution >= 0.6 is 11.6 Å². The Morgan fingerprint density at radius 2 is 1.85 bits per heavy atom. The molecule has 0 unspecified atom stereocenters. The van der Waals surface area contributed by atoms with Gasteiger partial charge >= 0.3 is 0 Å². The first-order valence-electron chi connectivity index (χ1n) is 8.44. The predicted octanol–water partition coefficient (Wildman–Crippen LogP) is 3.72. The minimum absolute atomic E-state index is 0.0968. The first-order chi connectivity index (χ1) is 12.3. The largest absolute Gasteiger partial charge is 0.376 e. The summed E-state index contributed by atoms with van der Waals surface area (Å²) in [6, 6.07) is 13.2. The average Bonchev–Trinajstić information content (AvgIpc) is 2.61. The summed E-state index contributed by atoms with van der Waals surface area (Å²) in [5.41, 5.74) is 3.53. The van der Waals surface area contributed by atoms with Gasteiger partial charge in [-0.3, -0.25) is 9.59 Å². The van der Waals surface area contributed by atoms with Crippen molar-refractivity contribution in [3.8, 4) is 0 Å². The number of benzene rings is 2. The van der Waals surface area contributed by atoms with Gasteiger partial charge in [0.05, 0.1) is 6.54 Å². The fourth-order valence-electron chi connectivity index (χ4n) is 2.37. The van der Waals surface area contributed by atoms with Crippen LogP contribution in [0.5, 0.6) is 0 Å². The van der Waals surface area contributed by atoms with Gasteiger partial charge in [0.15, 0.2) is 0 Å². The van der Waals surface area contributed by atoms with Crippen molar-refractivity contribution in [3.63, 3.8) is 0 Å². The molecule has 0 fully saturated rings. The van der Waals surface area contributed by atoms with E-state index in [9.17, 15) is 9.59 Å². The molecule has 6 heteroatoms. The number of rotatable bonds is 7. The minimum atomic E-state index is -0.155. The number of carbonyl (C=O) groups is 2. The van der Waals surface area contributed by atoms with Crippen molar-refractivity contribution in [3.05, 3.63) is 58.6 Å². The van der Waals surface area contributed by atoms with Gasteiger partial charge in [-0.2, -0.15) is 0 Å². The van der Waals surface area contributed by atoms with Gasteiger partial charge in [-0.15, -0.1) is 0 Å². The zero-order valence-corrected chi connectivity index (χ0v) is 16.1. The molecule has 5 nitrogen and oxygen atoms in total. The van der Waals surface area contributed by atoms with Crippen LogP contribution in [-0.4, -0.2) is 37.4 Å². The highest BCUT2D eigenvalue weighted by molar-refractivity contribution is 6.31. The quantitative estimate of drug-likeness (QED) is 0.777. The third kappa shape index (κ3) is 6.08. The number of carbonyl (C=O) groups excluding carboxylic acids is 2. The molecule has 0 aliphatic rings. The van der Waals surface area contributed by atoms with E-state index in [-0.39, 0.29) is 18.4 Å². The molecule has 0 bridgehead atoms. The number of anilines is 2. The van der Waals surface area contributed by atoms with Gasteiger partial charge in [-0.1, -0.05) is 29.8 Å². The van der Waals surface area contributed by atoms with Crippen LogP contribution in [0.1, 0.15) is 17.5 Å². The summed E-state index contributed by atoms with van der Waals surface area (Å²) in [7, 11) is 3.50. The highest BCUT2D eigenvalue weighted by atomic mass is 35.5. The highest BCUT2D eigenvalue weighted by Crippen LogP contribution is 2.20. The van der Waals surface area contributed by atoms with Gasteiger partial charge in [0.2, 0.25) is 11.8 Å². The van der Waals surface area contributed by atoms with Crippen LogP contribution in [-0.2, 0) is 16.0 Å². The molecule has 0 aromatic heterocycles. The normalized spacial score (nSPS) is 10.3. The van der Waals surface area contributed by atoms with Crippen LogP contribution in [0.15, 0.2) is 42.5 Å². The van der Waals surface area contributed by atoms with E-state index in [0.29, 0.717) is 23.6 Å². The Balaban J connectivity index is 1.86. The summed E-state index contributed by atoms with van der Waals surface area (Å²) < 4.78 is 0. The summed E-state index contributed by atoms with van der Waals surface area (Å²) in [6.07, 6.45) is 1.13. The van der Waals surface area contributed by atoms with Gasteiger partial charge in [0, 0.05) is 36.9 Å². The van der Waals surface area contributed by atoms with E-state index in [2.05, 4.69) is 10.6 Å². The lowest BCUT2D eigenvalue weighted by molar-refractivity contribution is -0.128. The van der Waals surface area contributed by atoms with Crippen molar-refractivity contribution in [2.45, 2.75) is 19.8 Å². The van der Waals surface area contributed by atoms with E-state index < -0.39 is 0 Å². The monoisotopic (exact) mass is 373 g/mol. The van der Waals surface area contributed by atoms with Crippen LogP contribution in [0.3, 0.4) is 0 Å². The lowest BCUT2D eigenvalue weighted by Crippen LogP contribution is -2.22. The zero-order valence-electron chi connectivity index (χ0n) is 15.3. The SMILES string of the molecule is Cc1ccc(NC(=O)CNc2cccc(CCC(=O)N(C)C)c2)cc1Cl. The number of halogens is 1. The lowest BCUT2D eigenvalue weighted by atomic mass is 10.1. The van der Waals surface area contributed by atoms with Crippen LogP contribution in [0.2, 0.25) is 5.02 Å². The smallest absolute Gasteiger partial charge is 0.243 e. The molecule has 0 saturated heterocycles. The maximum atomic E-state index is 12.1. The van der Waals surface area contributed by atoms with Crippen LogP contribution in [0.25, 0.3) is 0 Å². The van der Waals surface area contributed by atoms with E-state index in [1.54, 1.807) is 25.1 Å². The number of nitrogens with zero attached hydrogens (tertiary/aromatic N) is 1. The molecule has 0 atom stereocenters. The standard InChI is InChI=1S/C20H24ClN3O2/c1-14-7-9-17(12-18(14)21)23-19(25)13-22-16-6-4-5-15(11-16)8-10-20(26)24(2)3/h4-7,9,11-12,22H,8,10,13H2,1-3H3,(H,23,25). The molecular weight excluding hydrogens is 350 g/mol. The van der Waals surface area contributed by atoms with E-state index >= 15 is 0 Å². The molecular formula is C20H24ClN3O2. The number of aryl methyl sites for hydroxylation is 2.